The van der Waals surface area contributed by atoms with Gasteiger partial charge in [0, 0.05) is 8.58 Å². The lowest BCUT2D eigenvalue weighted by molar-refractivity contribution is 1.43. The summed E-state index contributed by atoms with van der Waals surface area (Å²) in [5.74, 6) is 0. The van der Waals surface area contributed by atoms with Gasteiger partial charge >= 0.3 is 0 Å². The van der Waals surface area contributed by atoms with Gasteiger partial charge in [-0.25, -0.2) is 0 Å². The Morgan fingerprint density at radius 2 is 2.38 bits per heavy atom. The van der Waals surface area contributed by atoms with Gasteiger partial charge in [0.05, 0.1) is 5.48 Å². The van der Waals surface area contributed by atoms with Gasteiger partial charge in [-0.3, -0.25) is 0 Å². The van der Waals surface area contributed by atoms with Crippen molar-refractivity contribution in [1.82, 2.24) is 0 Å². The van der Waals surface area contributed by atoms with E-state index in [1.165, 1.54) is 0 Å². The van der Waals surface area contributed by atoms with Gasteiger partial charge in [-0.1, -0.05) is 34.1 Å². The SMILES string of the molecule is [2H]c1c([2H])c([2H])c(C([2H])([2H])[2H])c(Br)c1[2H]. The monoisotopic (exact) mass is 177 g/mol. The van der Waals surface area contributed by atoms with Crippen LogP contribution in [-0.2, 0) is 0 Å². The minimum atomic E-state index is -2.56. The van der Waals surface area contributed by atoms with Gasteiger partial charge in [-0.05, 0) is 18.5 Å². The highest BCUT2D eigenvalue weighted by Gasteiger charge is 1.85. The highest BCUT2D eigenvalue weighted by Crippen LogP contribution is 2.13. The third-order valence-corrected chi connectivity index (χ3v) is 1.24. The maximum atomic E-state index is 7.45. The summed E-state index contributed by atoms with van der Waals surface area (Å²) >= 11 is 2.88. The van der Waals surface area contributed by atoms with Crippen LogP contribution in [0.15, 0.2) is 28.6 Å². The van der Waals surface area contributed by atoms with Crippen LogP contribution in [0.25, 0.3) is 0 Å². The van der Waals surface area contributed by atoms with Crippen molar-refractivity contribution in [3.05, 3.63) is 34.2 Å². The quantitative estimate of drug-likeness (QED) is 0.573. The molecule has 1 aromatic carbocycles. The molecule has 42 valence electrons. The van der Waals surface area contributed by atoms with Crippen LogP contribution in [0, 0.1) is 6.85 Å². The molecule has 0 spiro atoms. The van der Waals surface area contributed by atoms with Crippen LogP contribution in [0.3, 0.4) is 0 Å². The molecule has 8 heavy (non-hydrogen) atoms. The number of halogens is 1. The first-order chi connectivity index (χ1) is 6.68. The lowest BCUT2D eigenvalue weighted by Crippen LogP contribution is -1.69. The Morgan fingerprint density at radius 3 is 3.12 bits per heavy atom. The second-order valence-electron chi connectivity index (χ2n) is 1.19. The molecule has 1 heteroatoms. The highest BCUT2D eigenvalue weighted by molar-refractivity contribution is 9.10. The molecule has 0 saturated carbocycles. The van der Waals surface area contributed by atoms with Crippen LogP contribution < -0.4 is 0 Å². The van der Waals surface area contributed by atoms with Crippen molar-refractivity contribution < 1.29 is 9.60 Å². The van der Waals surface area contributed by atoms with E-state index in [-0.39, 0.29) is 16.1 Å². The van der Waals surface area contributed by atoms with E-state index in [1.54, 1.807) is 0 Å². The Kier molecular flexibility index (Phi) is 0.463. The van der Waals surface area contributed by atoms with Crippen LogP contribution in [0.4, 0.5) is 0 Å². The first-order valence-electron chi connectivity index (χ1n) is 5.44. The summed E-state index contributed by atoms with van der Waals surface area (Å²) < 4.78 is 50.9. The molecular weight excluding hydrogens is 164 g/mol. The summed E-state index contributed by atoms with van der Waals surface area (Å²) in [4.78, 5) is 0. The average molecular weight is 178 g/mol. The lowest BCUT2D eigenvalue weighted by atomic mass is 10.2. The fraction of sp³-hybridized carbons (Fsp3) is 0.143. The Hall–Kier alpha value is -0.300. The summed E-state index contributed by atoms with van der Waals surface area (Å²) in [6, 6.07) is -1.88. The van der Waals surface area contributed by atoms with E-state index in [0.717, 1.165) is 0 Å². The fourth-order valence-corrected chi connectivity index (χ4v) is 0.495. The fourth-order valence-electron chi connectivity index (χ4n) is 0.297. The molecule has 0 fully saturated rings. The third kappa shape index (κ3) is 1.10. The van der Waals surface area contributed by atoms with Crippen LogP contribution in [-0.4, -0.2) is 0 Å². The topological polar surface area (TPSA) is 0 Å². The minimum Gasteiger partial charge on any atom is -0.0619 e. The van der Waals surface area contributed by atoms with Crippen LogP contribution in [0.2, 0.25) is 0 Å². The van der Waals surface area contributed by atoms with E-state index in [2.05, 4.69) is 15.9 Å². The van der Waals surface area contributed by atoms with Crippen molar-refractivity contribution in [3.63, 3.8) is 0 Å². The van der Waals surface area contributed by atoms with E-state index in [9.17, 15) is 0 Å². The Balaban J connectivity index is 3.68. The first-order valence-corrected chi connectivity index (χ1v) is 2.73. The molecule has 0 atom stereocenters. The number of hydrogen-bond donors (Lipinski definition) is 0. The highest BCUT2D eigenvalue weighted by atomic mass is 79.9. The molecule has 0 amide bonds. The van der Waals surface area contributed by atoms with Gasteiger partial charge in [0.2, 0.25) is 0 Å². The van der Waals surface area contributed by atoms with Crippen molar-refractivity contribution in [1.29, 1.82) is 0 Å². The molecule has 0 nitrogen and oxygen atoms in total. The van der Waals surface area contributed by atoms with E-state index >= 15 is 0 Å². The number of rotatable bonds is 0. The molecule has 0 unspecified atom stereocenters. The summed E-state index contributed by atoms with van der Waals surface area (Å²) in [6.07, 6.45) is 0. The Morgan fingerprint density at radius 1 is 1.62 bits per heavy atom. The van der Waals surface area contributed by atoms with Crippen LogP contribution in [0.1, 0.15) is 15.2 Å². The van der Waals surface area contributed by atoms with Crippen molar-refractivity contribution in [3.8, 4) is 0 Å². The van der Waals surface area contributed by atoms with Crippen molar-refractivity contribution in [2.24, 2.45) is 0 Å². The second kappa shape index (κ2) is 2.31. The molecule has 0 aromatic heterocycles. The summed E-state index contributed by atoms with van der Waals surface area (Å²) in [7, 11) is 0. The molecular formula is C7H7Br. The van der Waals surface area contributed by atoms with Crippen molar-refractivity contribution in [2.75, 3.05) is 0 Å². The van der Waals surface area contributed by atoms with E-state index in [1.807, 2.05) is 0 Å². The van der Waals surface area contributed by atoms with Gasteiger partial charge in [0.15, 0.2) is 0 Å². The van der Waals surface area contributed by atoms with Gasteiger partial charge < -0.3 is 0 Å². The van der Waals surface area contributed by atoms with Crippen molar-refractivity contribution in [2.45, 2.75) is 6.85 Å². The molecule has 0 saturated heterocycles. The van der Waals surface area contributed by atoms with Gasteiger partial charge in [0.25, 0.3) is 0 Å². The molecule has 0 heterocycles. The van der Waals surface area contributed by atoms with E-state index in [0.29, 0.717) is 0 Å². The standard InChI is InChI=1S/C7H7Br/c1-6-4-2-3-5-7(6)8/h2-5H,1H3/i1D3,2D,3D,4D,5D. The molecule has 0 radical (unpaired) electrons. The van der Waals surface area contributed by atoms with Crippen LogP contribution in [0.5, 0.6) is 0 Å². The van der Waals surface area contributed by atoms with Gasteiger partial charge in [-0.2, -0.15) is 0 Å². The zero-order valence-electron chi connectivity index (χ0n) is 10.9. The molecule has 0 bridgehead atoms. The third-order valence-electron chi connectivity index (χ3n) is 0.642. The van der Waals surface area contributed by atoms with Crippen molar-refractivity contribution >= 4 is 15.9 Å². The van der Waals surface area contributed by atoms with Gasteiger partial charge in [0.1, 0.15) is 0 Å². The summed E-state index contributed by atoms with van der Waals surface area (Å²) in [5.41, 5.74) is -0.381. The first kappa shape index (κ1) is 1.60. The Bertz CT molecular complexity index is 380. The summed E-state index contributed by atoms with van der Waals surface area (Å²) in [6.45, 7) is -2.56. The molecule has 0 N–H and O–H groups in total. The second-order valence-corrected chi connectivity index (χ2v) is 1.98. The summed E-state index contributed by atoms with van der Waals surface area (Å²) in [5, 5.41) is 0. The maximum absolute atomic E-state index is 7.45. The molecule has 0 aliphatic carbocycles. The Labute approximate surface area is 67.5 Å². The lowest BCUT2D eigenvalue weighted by Gasteiger charge is -1.91. The predicted octanol–water partition coefficient (Wildman–Crippen LogP) is 2.76. The minimum absolute atomic E-state index is 0.103. The van der Waals surface area contributed by atoms with Crippen LogP contribution >= 0.6 is 15.9 Å². The smallest absolute Gasteiger partial charge is 0.0619 e. The average Bonchev–Trinajstić information content (AvgIpc) is 2.09. The molecule has 0 aliphatic heterocycles. The predicted molar refractivity (Wildman–Crippen MR) is 38.9 cm³/mol. The number of hydrogen-bond acceptors (Lipinski definition) is 0. The molecule has 1 rings (SSSR count). The zero-order chi connectivity index (χ0) is 12.0. The van der Waals surface area contributed by atoms with Gasteiger partial charge in [-0.15, -0.1) is 0 Å². The maximum Gasteiger partial charge on any atom is 0.0635 e. The number of benzene rings is 1. The molecule has 1 aromatic rings. The van der Waals surface area contributed by atoms with E-state index in [4.69, 9.17) is 9.60 Å². The molecule has 0 aliphatic rings. The normalized spacial score (nSPS) is 23.4. The zero-order valence-corrected chi connectivity index (χ0v) is 5.46. The largest absolute Gasteiger partial charge is 0.0635 e. The van der Waals surface area contributed by atoms with E-state index < -0.39 is 25.0 Å².